The number of aliphatic hydroxyl groups excluding tert-OH is 2. The Kier molecular flexibility index (Phi) is 14.8. The van der Waals surface area contributed by atoms with Gasteiger partial charge in [0, 0.05) is 44.6 Å². The molecule has 2 heterocycles. The topological polar surface area (TPSA) is 129 Å². The van der Waals surface area contributed by atoms with E-state index in [-0.39, 0.29) is 56.5 Å². The number of fused-ring (bicyclic) bond motifs is 2. The van der Waals surface area contributed by atoms with Crippen LogP contribution in [0.4, 0.5) is 4.79 Å². The third kappa shape index (κ3) is 9.23. The van der Waals surface area contributed by atoms with Gasteiger partial charge in [-0.15, -0.1) is 18.2 Å². The van der Waals surface area contributed by atoms with Crippen LogP contribution in [0, 0.1) is 31.6 Å². The van der Waals surface area contributed by atoms with Gasteiger partial charge < -0.3 is 43.6 Å². The molecule has 2 aliphatic heterocycles. The summed E-state index contributed by atoms with van der Waals surface area (Å²) in [7, 11) is 1.70. The van der Waals surface area contributed by atoms with Crippen molar-refractivity contribution in [3.63, 3.8) is 0 Å². The highest BCUT2D eigenvalue weighted by Crippen LogP contribution is 2.62. The molecule has 6 rings (SSSR count). The number of halogens is 1. The maximum absolute atomic E-state index is 13.7. The number of hydrogen-bond acceptors (Lipinski definition) is 10. The molecule has 7 atom stereocenters. The van der Waals surface area contributed by atoms with Crippen LogP contribution < -0.4 is 9.47 Å². The second-order valence-corrected chi connectivity index (χ2v) is 15.8. The Morgan fingerprint density at radius 1 is 1.05 bits per heavy atom. The smallest absolute Gasteiger partial charge is 0.410 e. The molecule has 56 heavy (non-hydrogen) atoms. The number of benzene rings is 2. The summed E-state index contributed by atoms with van der Waals surface area (Å²) in [5, 5.41) is 24.6. The Hall–Kier alpha value is -3.61. The van der Waals surface area contributed by atoms with E-state index in [1.165, 1.54) is 5.56 Å². The summed E-state index contributed by atoms with van der Waals surface area (Å²) in [6, 6.07) is 11.3. The number of oxime groups is 1. The first-order valence-electron chi connectivity index (χ1n) is 20.3. The SMILES string of the molecule is C=CCOC12Oc3ccc(Oc4ccc(C)c(C)c4)cc3C3C(CCCCO)C(CCCCO)C=C(C(=NOC4CCCCO4)CC1N(C)C(=O)OCCCl)C32. The number of rotatable bonds is 18. The number of carbonyl (C=O) groups excluding carboxylic acids is 1. The van der Waals surface area contributed by atoms with Gasteiger partial charge in [0.1, 0.15) is 29.9 Å². The van der Waals surface area contributed by atoms with Crippen molar-refractivity contribution in [2.75, 3.05) is 46.0 Å². The van der Waals surface area contributed by atoms with Gasteiger partial charge in [-0.1, -0.05) is 36.2 Å². The second kappa shape index (κ2) is 19.7. The molecular weight excluding hydrogens is 736 g/mol. The number of likely N-dealkylation sites (N-methyl/N-ethyl adjacent to an activating group) is 1. The molecule has 0 radical (unpaired) electrons. The van der Waals surface area contributed by atoms with Crippen molar-refractivity contribution in [3.05, 3.63) is 77.4 Å². The monoisotopic (exact) mass is 794 g/mol. The van der Waals surface area contributed by atoms with Gasteiger partial charge in [0.25, 0.3) is 0 Å². The molecule has 1 amide bonds. The zero-order valence-electron chi connectivity index (χ0n) is 33.1. The first-order chi connectivity index (χ1) is 27.2. The van der Waals surface area contributed by atoms with E-state index < -0.39 is 30.1 Å². The minimum Gasteiger partial charge on any atom is -0.459 e. The van der Waals surface area contributed by atoms with Gasteiger partial charge in [-0.05, 0) is 111 Å². The van der Waals surface area contributed by atoms with Crippen LogP contribution in [0.25, 0.3) is 0 Å². The Labute approximate surface area is 336 Å². The molecule has 2 N–H and O–H groups in total. The Bertz CT molecular complexity index is 1710. The fourth-order valence-corrected chi connectivity index (χ4v) is 9.05. The molecule has 2 aliphatic carbocycles. The normalized spacial score (nSPS) is 27.3. The predicted octanol–water partition coefficient (Wildman–Crippen LogP) is 8.56. The molecule has 0 spiro atoms. The van der Waals surface area contributed by atoms with E-state index in [1.54, 1.807) is 18.0 Å². The number of aliphatic hydroxyl groups is 2. The molecule has 2 aromatic carbocycles. The lowest BCUT2D eigenvalue weighted by molar-refractivity contribution is -0.254. The Balaban J connectivity index is 1.55. The zero-order chi connectivity index (χ0) is 39.7. The van der Waals surface area contributed by atoms with E-state index in [4.69, 9.17) is 45.3 Å². The number of carbonyl (C=O) groups is 1. The summed E-state index contributed by atoms with van der Waals surface area (Å²) in [5.41, 5.74) is 4.95. The van der Waals surface area contributed by atoms with E-state index in [0.717, 1.165) is 67.4 Å². The number of alkyl halides is 1. The van der Waals surface area contributed by atoms with Gasteiger partial charge in [-0.3, -0.25) is 0 Å². The third-order valence-electron chi connectivity index (χ3n) is 11.8. The number of hydrogen-bond donors (Lipinski definition) is 2. The van der Waals surface area contributed by atoms with E-state index in [0.29, 0.717) is 36.7 Å². The molecule has 4 aliphatic rings. The van der Waals surface area contributed by atoms with Gasteiger partial charge in [-0.2, -0.15) is 0 Å². The summed E-state index contributed by atoms with van der Waals surface area (Å²) in [6.07, 6.45) is 10.6. The molecule has 12 heteroatoms. The van der Waals surface area contributed by atoms with E-state index >= 15 is 0 Å². The number of nitrogens with zero attached hydrogens (tertiary/aromatic N) is 2. The fourth-order valence-electron chi connectivity index (χ4n) is 8.98. The molecule has 11 nitrogen and oxygen atoms in total. The van der Waals surface area contributed by atoms with Crippen LogP contribution in [-0.2, 0) is 19.0 Å². The van der Waals surface area contributed by atoms with Crippen molar-refractivity contribution >= 4 is 23.4 Å². The molecule has 2 fully saturated rings. The summed E-state index contributed by atoms with van der Waals surface area (Å²) in [5.74, 6) is 0.389. The third-order valence-corrected chi connectivity index (χ3v) is 12.0. The quantitative estimate of drug-likeness (QED) is 0.0660. The first kappa shape index (κ1) is 42.0. The largest absolute Gasteiger partial charge is 0.459 e. The van der Waals surface area contributed by atoms with Gasteiger partial charge in [0.2, 0.25) is 12.1 Å². The lowest BCUT2D eigenvalue weighted by Crippen LogP contribution is -2.69. The maximum atomic E-state index is 13.7. The second-order valence-electron chi connectivity index (χ2n) is 15.4. The van der Waals surface area contributed by atoms with Gasteiger partial charge in [0.05, 0.1) is 30.7 Å². The highest BCUT2D eigenvalue weighted by Gasteiger charge is 2.65. The highest BCUT2D eigenvalue weighted by molar-refractivity contribution is 6.18. The number of unbranched alkanes of at least 4 members (excludes halogenated alkanes) is 2. The molecule has 1 saturated carbocycles. The Morgan fingerprint density at radius 3 is 2.54 bits per heavy atom. The lowest BCUT2D eigenvalue weighted by atomic mass is 9.55. The van der Waals surface area contributed by atoms with Crippen molar-refractivity contribution in [1.82, 2.24) is 4.90 Å². The predicted molar refractivity (Wildman–Crippen MR) is 215 cm³/mol. The van der Waals surface area contributed by atoms with Gasteiger partial charge >= 0.3 is 6.09 Å². The fraction of sp³-hybridized carbons (Fsp3) is 0.591. The molecule has 0 bridgehead atoms. The summed E-state index contributed by atoms with van der Waals surface area (Å²) < 4.78 is 32.2. The standard InChI is InChI=1S/C44H59ClN2O9/c1-5-22-53-44-39(47(4)43(50)52-24-19-45)28-37(46-56-40-14-8-11-23-51-40)35-26-31(12-6-9-20-48)34(13-7-10-21-49)41(42(35)44)36-27-33(17-18-38(36)55-44)54-32-16-15-29(2)30(3)25-32/h5,15-18,25-27,31,34,39-42,48-49H,1,6-14,19-24,28H2,2-4H3. The summed E-state index contributed by atoms with van der Waals surface area (Å²) in [6.45, 7) is 9.18. The highest BCUT2D eigenvalue weighted by atomic mass is 35.5. The van der Waals surface area contributed by atoms with E-state index in [2.05, 4.69) is 38.6 Å². The van der Waals surface area contributed by atoms with Crippen LogP contribution in [0.2, 0.25) is 0 Å². The van der Waals surface area contributed by atoms with Gasteiger partial charge in [-0.25, -0.2) is 4.79 Å². The van der Waals surface area contributed by atoms with E-state index in [9.17, 15) is 15.0 Å². The molecule has 7 unspecified atom stereocenters. The maximum Gasteiger partial charge on any atom is 0.410 e. The zero-order valence-corrected chi connectivity index (χ0v) is 33.9. The van der Waals surface area contributed by atoms with Crippen LogP contribution in [0.1, 0.15) is 86.8 Å². The van der Waals surface area contributed by atoms with E-state index in [1.807, 2.05) is 24.3 Å². The first-order valence-corrected chi connectivity index (χ1v) is 20.8. The van der Waals surface area contributed by atoms with Gasteiger partial charge in [0.15, 0.2) is 0 Å². The van der Waals surface area contributed by atoms with Crippen molar-refractivity contribution < 1.29 is 43.5 Å². The van der Waals surface area contributed by atoms with Crippen LogP contribution in [0.5, 0.6) is 17.2 Å². The number of allylic oxidation sites excluding steroid dienone is 1. The molecule has 306 valence electrons. The minimum absolute atomic E-state index is 0.0493. The number of amides is 1. The summed E-state index contributed by atoms with van der Waals surface area (Å²) in [4.78, 5) is 21.5. The van der Waals surface area contributed by atoms with Crippen LogP contribution >= 0.6 is 11.6 Å². The van der Waals surface area contributed by atoms with Crippen molar-refractivity contribution in [2.45, 2.75) is 102 Å². The molecule has 1 saturated heterocycles. The number of aryl methyl sites for hydroxylation is 2. The van der Waals surface area contributed by atoms with Crippen LogP contribution in [0.15, 0.2) is 65.9 Å². The Morgan fingerprint density at radius 2 is 1.82 bits per heavy atom. The molecular formula is C44H59ClN2O9. The average Bonchev–Trinajstić information content (AvgIpc) is 3.21. The van der Waals surface area contributed by atoms with Crippen LogP contribution in [-0.4, -0.2) is 91.0 Å². The van der Waals surface area contributed by atoms with Crippen molar-refractivity contribution in [2.24, 2.45) is 22.9 Å². The lowest BCUT2D eigenvalue weighted by Gasteiger charge is -2.59. The summed E-state index contributed by atoms with van der Waals surface area (Å²) >= 11 is 5.96. The van der Waals surface area contributed by atoms with Crippen LogP contribution in [0.3, 0.4) is 0 Å². The van der Waals surface area contributed by atoms with Crippen molar-refractivity contribution in [3.8, 4) is 17.2 Å². The average molecular weight is 795 g/mol. The molecule has 2 aromatic rings. The molecule has 0 aromatic heterocycles. The number of ether oxygens (including phenoxy) is 5. The minimum atomic E-state index is -1.38. The van der Waals surface area contributed by atoms with Crippen molar-refractivity contribution in [1.29, 1.82) is 0 Å².